The third-order valence-electron chi connectivity index (χ3n) is 3.09. The van der Waals surface area contributed by atoms with Crippen LogP contribution in [0.5, 0.6) is 5.88 Å². The van der Waals surface area contributed by atoms with Crippen LogP contribution in [0.1, 0.15) is 43.7 Å². The van der Waals surface area contributed by atoms with Crippen molar-refractivity contribution in [3.05, 3.63) is 21.7 Å². The van der Waals surface area contributed by atoms with Crippen LogP contribution >= 0.6 is 0 Å². The molecule has 1 fully saturated rings. The molecule has 5 heteroatoms. The van der Waals surface area contributed by atoms with Gasteiger partial charge in [0.1, 0.15) is 11.9 Å². The molecule has 0 bridgehead atoms. The Kier molecular flexibility index (Phi) is 3.47. The lowest BCUT2D eigenvalue weighted by Crippen LogP contribution is -2.20. The van der Waals surface area contributed by atoms with Gasteiger partial charge in [0.05, 0.1) is 5.56 Å². The van der Waals surface area contributed by atoms with Gasteiger partial charge in [-0.2, -0.15) is 4.98 Å². The average Bonchev–Trinajstić information content (AvgIpc) is 3.09. The minimum absolute atomic E-state index is 0.159. The van der Waals surface area contributed by atoms with Crippen LogP contribution in [0.3, 0.4) is 0 Å². The van der Waals surface area contributed by atoms with E-state index in [1.807, 2.05) is 6.92 Å². The molecule has 0 aliphatic heterocycles. The normalized spacial score (nSPS) is 17.1. The van der Waals surface area contributed by atoms with Gasteiger partial charge in [0.15, 0.2) is 0 Å². The first kappa shape index (κ1) is 12.1. The summed E-state index contributed by atoms with van der Waals surface area (Å²) >= 11 is 0. The maximum atomic E-state index is 11.8. The summed E-state index contributed by atoms with van der Waals surface area (Å²) in [5, 5.41) is 9.76. The molecular weight excluding hydrogens is 220 g/mol. The van der Waals surface area contributed by atoms with Crippen molar-refractivity contribution in [2.24, 2.45) is 5.92 Å². The number of hydrogen-bond acceptors (Lipinski definition) is 4. The largest absolute Gasteiger partial charge is 0.493 e. The van der Waals surface area contributed by atoms with Gasteiger partial charge in [0.2, 0.25) is 5.88 Å². The molecule has 2 rings (SSSR count). The number of ether oxygens (including phenoxy) is 1. The van der Waals surface area contributed by atoms with E-state index in [9.17, 15) is 9.90 Å². The summed E-state index contributed by atoms with van der Waals surface area (Å²) in [6, 6.07) is 0. The summed E-state index contributed by atoms with van der Waals surface area (Å²) in [4.78, 5) is 18.6. The molecule has 0 aromatic carbocycles. The van der Waals surface area contributed by atoms with Gasteiger partial charge < -0.3 is 14.8 Å². The van der Waals surface area contributed by atoms with Crippen molar-refractivity contribution in [2.45, 2.75) is 38.7 Å². The topological polar surface area (TPSA) is 75.2 Å². The maximum Gasteiger partial charge on any atom is 0.258 e. The number of methoxy groups -OCH3 is 1. The van der Waals surface area contributed by atoms with Crippen LogP contribution in [-0.4, -0.2) is 22.2 Å². The highest BCUT2D eigenvalue weighted by molar-refractivity contribution is 5.23. The van der Waals surface area contributed by atoms with Gasteiger partial charge in [-0.05, 0) is 25.2 Å². The van der Waals surface area contributed by atoms with Crippen LogP contribution < -0.4 is 5.56 Å². The summed E-state index contributed by atoms with van der Waals surface area (Å²) in [5.41, 5.74) is 0.110. The lowest BCUT2D eigenvalue weighted by atomic mass is 10.1. The van der Waals surface area contributed by atoms with Crippen LogP contribution in [0.4, 0.5) is 0 Å². The van der Waals surface area contributed by atoms with Crippen molar-refractivity contribution < 1.29 is 9.84 Å². The van der Waals surface area contributed by atoms with Gasteiger partial charge >= 0.3 is 0 Å². The number of H-pyrrole nitrogens is 1. The van der Waals surface area contributed by atoms with Crippen molar-refractivity contribution in [1.29, 1.82) is 0 Å². The highest BCUT2D eigenvalue weighted by atomic mass is 16.5. The van der Waals surface area contributed by atoms with Gasteiger partial charge in [0.25, 0.3) is 5.56 Å². The maximum absolute atomic E-state index is 11.8. The number of aromatic nitrogens is 2. The summed E-state index contributed by atoms with van der Waals surface area (Å²) in [6.45, 7) is 1.95. The van der Waals surface area contributed by atoms with E-state index >= 15 is 0 Å². The summed E-state index contributed by atoms with van der Waals surface area (Å²) in [6.07, 6.45) is 3.30. The van der Waals surface area contributed by atoms with Crippen molar-refractivity contribution in [1.82, 2.24) is 9.97 Å². The Labute approximate surface area is 99.9 Å². The Morgan fingerprint density at radius 2 is 2.29 bits per heavy atom. The fraction of sp³-hybridized carbons (Fsp3) is 0.667. The molecule has 1 saturated carbocycles. The molecule has 1 aliphatic carbocycles. The van der Waals surface area contributed by atoms with Crippen molar-refractivity contribution in [3.63, 3.8) is 0 Å². The van der Waals surface area contributed by atoms with Gasteiger partial charge in [-0.1, -0.05) is 13.3 Å². The second kappa shape index (κ2) is 4.87. The average molecular weight is 238 g/mol. The molecule has 1 unspecified atom stereocenters. The molecule has 94 valence electrons. The Balaban J connectivity index is 2.33. The number of nitrogens with zero attached hydrogens (tertiary/aromatic N) is 1. The van der Waals surface area contributed by atoms with Crippen LogP contribution in [0.25, 0.3) is 0 Å². The number of aromatic hydroxyl groups is 1. The fourth-order valence-electron chi connectivity index (χ4n) is 2.04. The minimum atomic E-state index is -0.253. The Hall–Kier alpha value is -1.36. The first-order valence-corrected chi connectivity index (χ1v) is 6.02. The molecule has 0 spiro atoms. The highest BCUT2D eigenvalue weighted by Gasteiger charge is 2.34. The molecule has 1 heterocycles. The zero-order chi connectivity index (χ0) is 12.4. The predicted molar refractivity (Wildman–Crippen MR) is 63.0 cm³/mol. The molecule has 5 nitrogen and oxygen atoms in total. The Morgan fingerprint density at radius 1 is 1.59 bits per heavy atom. The SMILES string of the molecule is CCCc1c(O)nc(C(OC)C2CC2)[nH]c1=O. The van der Waals surface area contributed by atoms with E-state index in [2.05, 4.69) is 9.97 Å². The lowest BCUT2D eigenvalue weighted by Gasteiger charge is -2.14. The molecule has 17 heavy (non-hydrogen) atoms. The van der Waals surface area contributed by atoms with Gasteiger partial charge in [0, 0.05) is 7.11 Å². The number of rotatable bonds is 5. The summed E-state index contributed by atoms with van der Waals surface area (Å²) < 4.78 is 5.33. The Bertz CT molecular complexity index is 452. The number of aromatic amines is 1. The Morgan fingerprint density at radius 3 is 2.76 bits per heavy atom. The third kappa shape index (κ3) is 2.49. The quantitative estimate of drug-likeness (QED) is 0.815. The van der Waals surface area contributed by atoms with Crippen LogP contribution in [0.2, 0.25) is 0 Å². The van der Waals surface area contributed by atoms with E-state index < -0.39 is 0 Å². The van der Waals surface area contributed by atoms with E-state index in [0.29, 0.717) is 23.7 Å². The molecule has 1 aliphatic rings. The molecular formula is C12H18N2O3. The molecule has 1 aromatic rings. The summed E-state index contributed by atoms with van der Waals surface area (Å²) in [5.74, 6) is 0.699. The lowest BCUT2D eigenvalue weighted by molar-refractivity contribution is 0.0763. The van der Waals surface area contributed by atoms with Gasteiger partial charge in [-0.15, -0.1) is 0 Å². The molecule has 0 saturated heterocycles. The van der Waals surface area contributed by atoms with E-state index in [1.54, 1.807) is 7.11 Å². The molecule has 0 radical (unpaired) electrons. The highest BCUT2D eigenvalue weighted by Crippen LogP contribution is 2.41. The molecule has 0 amide bonds. The van der Waals surface area contributed by atoms with Crippen LogP contribution in [0.15, 0.2) is 4.79 Å². The molecule has 1 atom stereocenters. The van der Waals surface area contributed by atoms with Crippen molar-refractivity contribution in [2.75, 3.05) is 7.11 Å². The van der Waals surface area contributed by atoms with E-state index in [0.717, 1.165) is 19.3 Å². The van der Waals surface area contributed by atoms with Crippen molar-refractivity contribution >= 4 is 0 Å². The fourth-order valence-corrected chi connectivity index (χ4v) is 2.04. The van der Waals surface area contributed by atoms with E-state index in [1.165, 1.54) is 0 Å². The van der Waals surface area contributed by atoms with Crippen LogP contribution in [0, 0.1) is 5.92 Å². The number of nitrogens with one attached hydrogen (secondary N) is 1. The van der Waals surface area contributed by atoms with E-state index in [4.69, 9.17) is 4.74 Å². The molecule has 1 aromatic heterocycles. The second-order valence-corrected chi connectivity index (χ2v) is 4.50. The third-order valence-corrected chi connectivity index (χ3v) is 3.09. The van der Waals surface area contributed by atoms with Crippen molar-refractivity contribution in [3.8, 4) is 5.88 Å². The second-order valence-electron chi connectivity index (χ2n) is 4.50. The monoisotopic (exact) mass is 238 g/mol. The first-order chi connectivity index (χ1) is 8.17. The number of hydrogen-bond donors (Lipinski definition) is 2. The zero-order valence-corrected chi connectivity index (χ0v) is 10.2. The first-order valence-electron chi connectivity index (χ1n) is 6.02. The van der Waals surface area contributed by atoms with Gasteiger partial charge in [-0.3, -0.25) is 4.79 Å². The standard InChI is InChI=1S/C12H18N2O3/c1-3-4-8-11(15)13-10(14-12(8)16)9(17-2)7-5-6-7/h7,9H,3-6H2,1-2H3,(H2,13,14,15,16). The minimum Gasteiger partial charge on any atom is -0.493 e. The van der Waals surface area contributed by atoms with E-state index in [-0.39, 0.29) is 17.5 Å². The predicted octanol–water partition coefficient (Wildman–Crippen LogP) is 1.53. The van der Waals surface area contributed by atoms with Gasteiger partial charge in [-0.25, -0.2) is 0 Å². The van der Waals surface area contributed by atoms with Crippen LogP contribution in [-0.2, 0) is 11.2 Å². The smallest absolute Gasteiger partial charge is 0.258 e. The molecule has 2 N–H and O–H groups in total. The zero-order valence-electron chi connectivity index (χ0n) is 10.2. The summed E-state index contributed by atoms with van der Waals surface area (Å²) in [7, 11) is 1.60.